The summed E-state index contributed by atoms with van der Waals surface area (Å²) in [5.74, 6) is 1.05. The lowest BCUT2D eigenvalue weighted by Crippen LogP contribution is -2.01. The Bertz CT molecular complexity index is 342. The molecule has 0 saturated carbocycles. The average molecular weight is 164 g/mol. The van der Waals surface area contributed by atoms with E-state index in [-0.39, 0.29) is 11.5 Å². The predicted molar refractivity (Wildman–Crippen MR) is 43.2 cm³/mol. The number of benzene rings is 1. The van der Waals surface area contributed by atoms with Crippen molar-refractivity contribution in [2.75, 3.05) is 0 Å². The van der Waals surface area contributed by atoms with Gasteiger partial charge in [-0.3, -0.25) is 0 Å². The number of hydrogen-bond acceptors (Lipinski definition) is 3. The van der Waals surface area contributed by atoms with E-state index in [1.165, 1.54) is 6.26 Å². The molecule has 0 unspecified atom stereocenters. The van der Waals surface area contributed by atoms with Gasteiger partial charge in [0.25, 0.3) is 0 Å². The minimum atomic E-state index is 0.174. The summed E-state index contributed by atoms with van der Waals surface area (Å²) < 4.78 is 5.07. The number of fused-ring (bicyclic) bond motifs is 1. The summed E-state index contributed by atoms with van der Waals surface area (Å²) in [4.78, 5) is 0. The SMILES string of the molecule is OC1=COc2ccc(O)cc2C1. The van der Waals surface area contributed by atoms with Crippen molar-refractivity contribution in [1.82, 2.24) is 0 Å². The van der Waals surface area contributed by atoms with E-state index >= 15 is 0 Å². The molecule has 12 heavy (non-hydrogen) atoms. The van der Waals surface area contributed by atoms with Crippen molar-refractivity contribution in [3.05, 3.63) is 35.8 Å². The Morgan fingerprint density at radius 2 is 2.08 bits per heavy atom. The zero-order chi connectivity index (χ0) is 8.55. The molecule has 2 rings (SSSR count). The van der Waals surface area contributed by atoms with Crippen LogP contribution in [0, 0.1) is 0 Å². The third-order valence-corrected chi connectivity index (χ3v) is 1.74. The van der Waals surface area contributed by atoms with Crippen LogP contribution in [0.5, 0.6) is 11.5 Å². The Morgan fingerprint density at radius 3 is 2.92 bits per heavy atom. The molecule has 0 bridgehead atoms. The molecule has 1 aliphatic heterocycles. The highest BCUT2D eigenvalue weighted by atomic mass is 16.5. The zero-order valence-electron chi connectivity index (χ0n) is 6.32. The summed E-state index contributed by atoms with van der Waals surface area (Å²) in [5, 5.41) is 18.2. The smallest absolute Gasteiger partial charge is 0.132 e. The number of aromatic hydroxyl groups is 1. The third kappa shape index (κ3) is 1.09. The Hall–Kier alpha value is -1.64. The van der Waals surface area contributed by atoms with Crippen molar-refractivity contribution in [2.45, 2.75) is 6.42 Å². The van der Waals surface area contributed by atoms with Crippen molar-refractivity contribution in [3.63, 3.8) is 0 Å². The first-order valence-electron chi connectivity index (χ1n) is 3.62. The van der Waals surface area contributed by atoms with Gasteiger partial charge in [-0.25, -0.2) is 0 Å². The fourth-order valence-electron chi connectivity index (χ4n) is 1.19. The number of phenolic OH excluding ortho intramolecular Hbond substituents is 1. The van der Waals surface area contributed by atoms with Crippen molar-refractivity contribution in [3.8, 4) is 11.5 Å². The zero-order valence-corrected chi connectivity index (χ0v) is 6.32. The van der Waals surface area contributed by atoms with Gasteiger partial charge in [-0.1, -0.05) is 0 Å². The van der Waals surface area contributed by atoms with E-state index in [2.05, 4.69) is 0 Å². The molecule has 1 aromatic rings. The molecule has 1 heterocycles. The van der Waals surface area contributed by atoms with E-state index < -0.39 is 0 Å². The van der Waals surface area contributed by atoms with Crippen molar-refractivity contribution < 1.29 is 14.9 Å². The van der Waals surface area contributed by atoms with E-state index in [9.17, 15) is 0 Å². The third-order valence-electron chi connectivity index (χ3n) is 1.74. The minimum Gasteiger partial charge on any atom is -0.509 e. The van der Waals surface area contributed by atoms with Gasteiger partial charge < -0.3 is 14.9 Å². The van der Waals surface area contributed by atoms with E-state index in [4.69, 9.17) is 14.9 Å². The summed E-state index contributed by atoms with van der Waals surface area (Å²) in [5.41, 5.74) is 0.801. The maximum absolute atomic E-state index is 9.12. The lowest BCUT2D eigenvalue weighted by molar-refractivity contribution is 0.339. The second-order valence-electron chi connectivity index (χ2n) is 2.70. The van der Waals surface area contributed by atoms with Gasteiger partial charge in [0.2, 0.25) is 0 Å². The van der Waals surface area contributed by atoms with Gasteiger partial charge in [0, 0.05) is 12.0 Å². The van der Waals surface area contributed by atoms with Gasteiger partial charge in [0.05, 0.1) is 0 Å². The van der Waals surface area contributed by atoms with Crippen LogP contribution in [0.3, 0.4) is 0 Å². The summed E-state index contributed by atoms with van der Waals surface area (Å²) in [7, 11) is 0. The Balaban J connectivity index is 2.43. The van der Waals surface area contributed by atoms with Crippen LogP contribution in [0.15, 0.2) is 30.2 Å². The second kappa shape index (κ2) is 2.44. The van der Waals surface area contributed by atoms with Gasteiger partial charge in [-0.05, 0) is 18.2 Å². The minimum absolute atomic E-state index is 0.174. The fraction of sp³-hybridized carbons (Fsp3) is 0.111. The molecule has 62 valence electrons. The number of allylic oxidation sites excluding steroid dienone is 1. The Kier molecular flexibility index (Phi) is 1.43. The van der Waals surface area contributed by atoms with Crippen molar-refractivity contribution in [1.29, 1.82) is 0 Å². The van der Waals surface area contributed by atoms with Crippen LogP contribution in [0.4, 0.5) is 0 Å². The number of ether oxygens (including phenoxy) is 1. The molecule has 0 aromatic heterocycles. The normalized spacial score (nSPS) is 14.5. The first-order chi connectivity index (χ1) is 5.75. The summed E-state index contributed by atoms with van der Waals surface area (Å²) in [6, 6.07) is 4.81. The van der Waals surface area contributed by atoms with Crippen LogP contribution in [0.1, 0.15) is 5.56 Å². The topological polar surface area (TPSA) is 49.7 Å². The van der Waals surface area contributed by atoms with E-state index in [1.54, 1.807) is 18.2 Å². The Morgan fingerprint density at radius 1 is 1.25 bits per heavy atom. The quantitative estimate of drug-likeness (QED) is 0.613. The number of rotatable bonds is 0. The molecule has 0 fully saturated rings. The molecule has 1 aliphatic rings. The highest BCUT2D eigenvalue weighted by Crippen LogP contribution is 2.28. The van der Waals surface area contributed by atoms with Gasteiger partial charge in [-0.15, -0.1) is 0 Å². The predicted octanol–water partition coefficient (Wildman–Crippen LogP) is 1.73. The molecular formula is C9H8O3. The summed E-state index contributed by atoms with van der Waals surface area (Å²) in [6.07, 6.45) is 1.73. The van der Waals surface area contributed by atoms with Gasteiger partial charge in [0.1, 0.15) is 23.5 Å². The van der Waals surface area contributed by atoms with Gasteiger partial charge in [0.15, 0.2) is 0 Å². The average Bonchev–Trinajstić information content (AvgIpc) is 2.03. The molecule has 0 spiro atoms. The van der Waals surface area contributed by atoms with Crippen molar-refractivity contribution >= 4 is 0 Å². The van der Waals surface area contributed by atoms with Crippen LogP contribution in [-0.4, -0.2) is 10.2 Å². The highest BCUT2D eigenvalue weighted by Gasteiger charge is 2.11. The van der Waals surface area contributed by atoms with Crippen molar-refractivity contribution in [2.24, 2.45) is 0 Å². The molecule has 2 N–H and O–H groups in total. The maximum Gasteiger partial charge on any atom is 0.132 e. The highest BCUT2D eigenvalue weighted by molar-refractivity contribution is 5.43. The first-order valence-corrected chi connectivity index (χ1v) is 3.62. The molecule has 0 amide bonds. The Labute approximate surface area is 69.5 Å². The van der Waals surface area contributed by atoms with Gasteiger partial charge >= 0.3 is 0 Å². The molecule has 0 saturated heterocycles. The van der Waals surface area contributed by atoms with Crippen LogP contribution >= 0.6 is 0 Å². The largest absolute Gasteiger partial charge is 0.509 e. The maximum atomic E-state index is 9.12. The van der Waals surface area contributed by atoms with E-state index in [1.807, 2.05) is 0 Å². The molecule has 1 aromatic carbocycles. The lowest BCUT2D eigenvalue weighted by atomic mass is 10.1. The summed E-state index contributed by atoms with van der Waals surface area (Å²) in [6.45, 7) is 0. The molecule has 0 aliphatic carbocycles. The number of hydrogen-bond donors (Lipinski definition) is 2. The van der Waals surface area contributed by atoms with E-state index in [0.29, 0.717) is 12.2 Å². The molecule has 0 radical (unpaired) electrons. The number of aliphatic hydroxyl groups excluding tert-OH is 1. The summed E-state index contributed by atoms with van der Waals surface area (Å²) >= 11 is 0. The van der Waals surface area contributed by atoms with Crippen LogP contribution in [-0.2, 0) is 6.42 Å². The molecule has 3 heteroatoms. The second-order valence-corrected chi connectivity index (χ2v) is 2.70. The molecule has 0 atom stereocenters. The fourth-order valence-corrected chi connectivity index (χ4v) is 1.19. The number of phenols is 1. The standard InChI is InChI=1S/C9H8O3/c10-7-1-2-9-6(3-7)4-8(11)5-12-9/h1-3,5,10-11H,4H2. The van der Waals surface area contributed by atoms with Crippen LogP contribution in [0.2, 0.25) is 0 Å². The van der Waals surface area contributed by atoms with Gasteiger partial charge in [-0.2, -0.15) is 0 Å². The lowest BCUT2D eigenvalue weighted by Gasteiger charge is -2.13. The molecule has 3 nitrogen and oxygen atoms in total. The number of aliphatic hydroxyl groups is 1. The monoisotopic (exact) mass is 164 g/mol. The van der Waals surface area contributed by atoms with Crippen LogP contribution < -0.4 is 4.74 Å². The first kappa shape index (κ1) is 7.03. The van der Waals surface area contributed by atoms with E-state index in [0.717, 1.165) is 5.56 Å². The van der Waals surface area contributed by atoms with Crippen LogP contribution in [0.25, 0.3) is 0 Å². The molecular weight excluding hydrogens is 156 g/mol.